The van der Waals surface area contributed by atoms with Crippen LogP contribution in [0.3, 0.4) is 0 Å². The second-order valence-electron chi connectivity index (χ2n) is 5.67. The van der Waals surface area contributed by atoms with E-state index in [9.17, 15) is 8.42 Å². The molecule has 0 bridgehead atoms. The van der Waals surface area contributed by atoms with E-state index in [0.29, 0.717) is 17.5 Å². The van der Waals surface area contributed by atoms with Gasteiger partial charge in [0.25, 0.3) is 0 Å². The third kappa shape index (κ3) is 3.57. The molecule has 1 aromatic carbocycles. The van der Waals surface area contributed by atoms with Gasteiger partial charge in [0.2, 0.25) is 0 Å². The van der Waals surface area contributed by atoms with Crippen molar-refractivity contribution in [1.82, 2.24) is 4.90 Å². The van der Waals surface area contributed by atoms with Crippen LogP contribution in [0.15, 0.2) is 18.2 Å². The molecule has 106 valence electrons. The topological polar surface area (TPSA) is 37.4 Å². The van der Waals surface area contributed by atoms with E-state index >= 15 is 0 Å². The van der Waals surface area contributed by atoms with Crippen LogP contribution >= 0.6 is 0 Å². The van der Waals surface area contributed by atoms with Crippen molar-refractivity contribution in [3.8, 4) is 0 Å². The highest BCUT2D eigenvalue weighted by molar-refractivity contribution is 7.91. The van der Waals surface area contributed by atoms with Crippen LogP contribution in [-0.4, -0.2) is 37.9 Å². The number of aryl methyl sites for hydroxylation is 2. The van der Waals surface area contributed by atoms with Crippen molar-refractivity contribution in [2.75, 3.05) is 18.6 Å². The summed E-state index contributed by atoms with van der Waals surface area (Å²) in [5, 5.41) is 0. The van der Waals surface area contributed by atoms with Crippen LogP contribution in [0, 0.1) is 13.8 Å². The van der Waals surface area contributed by atoms with E-state index in [-0.39, 0.29) is 0 Å². The van der Waals surface area contributed by atoms with E-state index < -0.39 is 9.84 Å². The molecule has 4 heteroatoms. The average molecular weight is 281 g/mol. The molecular weight excluding hydrogens is 258 g/mol. The normalized spacial score (nSPS) is 19.8. The summed E-state index contributed by atoms with van der Waals surface area (Å²) >= 11 is 0. The van der Waals surface area contributed by atoms with Crippen LogP contribution < -0.4 is 0 Å². The Morgan fingerprint density at radius 1 is 1.16 bits per heavy atom. The Labute approximate surface area is 116 Å². The summed E-state index contributed by atoms with van der Waals surface area (Å²) in [6, 6.07) is 6.76. The van der Waals surface area contributed by atoms with Gasteiger partial charge in [-0.15, -0.1) is 0 Å². The third-order valence-corrected chi connectivity index (χ3v) is 5.91. The van der Waals surface area contributed by atoms with E-state index in [0.717, 1.165) is 19.4 Å². The highest BCUT2D eigenvalue weighted by Gasteiger charge is 2.26. The quantitative estimate of drug-likeness (QED) is 0.853. The van der Waals surface area contributed by atoms with Gasteiger partial charge in [0, 0.05) is 12.6 Å². The fourth-order valence-electron chi connectivity index (χ4n) is 2.80. The zero-order valence-electron chi connectivity index (χ0n) is 12.0. The van der Waals surface area contributed by atoms with Gasteiger partial charge in [-0.2, -0.15) is 0 Å². The highest BCUT2D eigenvalue weighted by atomic mass is 32.2. The van der Waals surface area contributed by atoms with Crippen LogP contribution in [0.2, 0.25) is 0 Å². The van der Waals surface area contributed by atoms with Crippen LogP contribution in [0.1, 0.15) is 29.5 Å². The Morgan fingerprint density at radius 2 is 1.68 bits per heavy atom. The van der Waals surface area contributed by atoms with Crippen molar-refractivity contribution in [2.24, 2.45) is 0 Å². The molecule has 1 saturated heterocycles. The number of nitrogens with zero attached hydrogens (tertiary/aromatic N) is 1. The van der Waals surface area contributed by atoms with Crippen LogP contribution in [-0.2, 0) is 16.4 Å². The Bertz CT molecular complexity index is 517. The number of rotatable bonds is 3. The zero-order chi connectivity index (χ0) is 14.0. The van der Waals surface area contributed by atoms with Crippen molar-refractivity contribution in [1.29, 1.82) is 0 Å². The van der Waals surface area contributed by atoms with Crippen LogP contribution in [0.25, 0.3) is 0 Å². The monoisotopic (exact) mass is 281 g/mol. The van der Waals surface area contributed by atoms with Crippen molar-refractivity contribution < 1.29 is 8.42 Å². The molecule has 19 heavy (non-hydrogen) atoms. The molecule has 1 aliphatic rings. The average Bonchev–Trinajstić information content (AvgIpc) is 2.33. The van der Waals surface area contributed by atoms with Gasteiger partial charge in [-0.05, 0) is 50.4 Å². The maximum absolute atomic E-state index is 11.5. The standard InChI is InChI=1S/C15H23NO2S/c1-12-5-4-6-13(2)15(12)11-16(3)14-7-9-19(17,18)10-8-14/h4-6,14H,7-11H2,1-3H3. The summed E-state index contributed by atoms with van der Waals surface area (Å²) in [6.45, 7) is 5.19. The predicted molar refractivity (Wildman–Crippen MR) is 79.1 cm³/mol. The molecular formula is C15H23NO2S. The molecule has 0 spiro atoms. The Balaban J connectivity index is 2.04. The van der Waals surface area contributed by atoms with E-state index in [1.54, 1.807) is 0 Å². The SMILES string of the molecule is Cc1cccc(C)c1CN(C)C1CCS(=O)(=O)CC1. The fraction of sp³-hybridized carbons (Fsp3) is 0.600. The molecule has 1 aromatic rings. The molecule has 1 aliphatic heterocycles. The van der Waals surface area contributed by atoms with Gasteiger partial charge in [-0.1, -0.05) is 18.2 Å². The maximum atomic E-state index is 11.5. The first-order chi connectivity index (χ1) is 8.89. The molecule has 0 amide bonds. The molecule has 2 rings (SSSR count). The molecule has 0 aromatic heterocycles. The van der Waals surface area contributed by atoms with Crippen LogP contribution in [0.5, 0.6) is 0 Å². The second-order valence-corrected chi connectivity index (χ2v) is 7.97. The number of sulfone groups is 1. The first kappa shape index (κ1) is 14.5. The lowest BCUT2D eigenvalue weighted by molar-refractivity contribution is 0.218. The highest BCUT2D eigenvalue weighted by Crippen LogP contribution is 2.21. The lowest BCUT2D eigenvalue weighted by Gasteiger charge is -2.31. The molecule has 0 aliphatic carbocycles. The Kier molecular flexibility index (Phi) is 4.31. The minimum Gasteiger partial charge on any atom is -0.299 e. The molecule has 1 heterocycles. The summed E-state index contributed by atoms with van der Waals surface area (Å²) in [7, 11) is -0.659. The summed E-state index contributed by atoms with van der Waals surface area (Å²) in [4.78, 5) is 2.31. The van der Waals surface area contributed by atoms with Gasteiger partial charge in [0.05, 0.1) is 11.5 Å². The summed E-state index contributed by atoms with van der Waals surface area (Å²) in [5.41, 5.74) is 4.00. The van der Waals surface area contributed by atoms with Gasteiger partial charge >= 0.3 is 0 Å². The van der Waals surface area contributed by atoms with Crippen molar-refractivity contribution in [2.45, 2.75) is 39.3 Å². The minimum absolute atomic E-state index is 0.342. The zero-order valence-corrected chi connectivity index (χ0v) is 12.8. The number of hydrogen-bond acceptors (Lipinski definition) is 3. The van der Waals surface area contributed by atoms with Gasteiger partial charge in [0.1, 0.15) is 9.84 Å². The summed E-state index contributed by atoms with van der Waals surface area (Å²) in [5.74, 6) is 0.684. The Hall–Kier alpha value is -0.870. The van der Waals surface area contributed by atoms with Crippen LogP contribution in [0.4, 0.5) is 0 Å². The molecule has 3 nitrogen and oxygen atoms in total. The van der Waals surface area contributed by atoms with Crippen molar-refractivity contribution >= 4 is 9.84 Å². The molecule has 0 saturated carbocycles. The smallest absolute Gasteiger partial charge is 0.150 e. The van der Waals surface area contributed by atoms with Crippen molar-refractivity contribution in [3.05, 3.63) is 34.9 Å². The van der Waals surface area contributed by atoms with Crippen molar-refractivity contribution in [3.63, 3.8) is 0 Å². The molecule has 0 radical (unpaired) electrons. The largest absolute Gasteiger partial charge is 0.299 e. The van der Waals surface area contributed by atoms with E-state index in [1.165, 1.54) is 16.7 Å². The lowest BCUT2D eigenvalue weighted by Crippen LogP contribution is -2.38. The van der Waals surface area contributed by atoms with Gasteiger partial charge in [-0.25, -0.2) is 8.42 Å². The molecule has 0 atom stereocenters. The summed E-state index contributed by atoms with van der Waals surface area (Å²) in [6.07, 6.45) is 1.54. The van der Waals surface area contributed by atoms with Gasteiger partial charge in [0.15, 0.2) is 0 Å². The van der Waals surface area contributed by atoms with Gasteiger partial charge in [-0.3, -0.25) is 4.90 Å². The fourth-order valence-corrected chi connectivity index (χ4v) is 4.26. The van der Waals surface area contributed by atoms with E-state index in [2.05, 4.69) is 44.0 Å². The second kappa shape index (κ2) is 5.63. The number of hydrogen-bond donors (Lipinski definition) is 0. The summed E-state index contributed by atoms with van der Waals surface area (Å²) < 4.78 is 22.9. The van der Waals surface area contributed by atoms with E-state index in [1.807, 2.05) is 0 Å². The molecule has 0 N–H and O–H groups in total. The number of benzene rings is 1. The first-order valence-corrected chi connectivity index (χ1v) is 8.67. The Morgan fingerprint density at radius 3 is 2.21 bits per heavy atom. The lowest BCUT2D eigenvalue weighted by atomic mass is 10.0. The third-order valence-electron chi connectivity index (χ3n) is 4.20. The predicted octanol–water partition coefficient (Wildman–Crippen LogP) is 2.31. The van der Waals surface area contributed by atoms with E-state index in [4.69, 9.17) is 0 Å². The molecule has 1 fully saturated rings. The maximum Gasteiger partial charge on any atom is 0.150 e. The minimum atomic E-state index is -2.77. The first-order valence-electron chi connectivity index (χ1n) is 6.85. The molecule has 0 unspecified atom stereocenters. The van der Waals surface area contributed by atoms with Gasteiger partial charge < -0.3 is 0 Å².